The van der Waals surface area contributed by atoms with Crippen LogP contribution in [0, 0.1) is 0 Å². The zero-order valence-electron chi connectivity index (χ0n) is 16.9. The number of benzene rings is 1. The van der Waals surface area contributed by atoms with E-state index in [-0.39, 0.29) is 0 Å². The number of nitrogens with one attached hydrogen (secondary N) is 1. The Labute approximate surface area is 188 Å². The monoisotopic (exact) mass is 457 g/mol. The maximum Gasteiger partial charge on any atom is 0.239 e. The number of halogens is 1. The summed E-state index contributed by atoms with van der Waals surface area (Å²) in [5, 5.41) is 9.29. The number of rotatable bonds is 9. The summed E-state index contributed by atoms with van der Waals surface area (Å²) in [7, 11) is 3.21. The third-order valence-electron chi connectivity index (χ3n) is 4.44. The van der Waals surface area contributed by atoms with Gasteiger partial charge in [-0.2, -0.15) is 0 Å². The molecule has 0 spiro atoms. The highest BCUT2D eigenvalue weighted by Gasteiger charge is 2.23. The fraction of sp³-hybridized carbons (Fsp3) is 0.190. The molecule has 1 N–H and O–H groups in total. The number of anilines is 1. The van der Waals surface area contributed by atoms with Crippen molar-refractivity contribution >= 4 is 29.5 Å². The molecule has 0 saturated carbocycles. The van der Waals surface area contributed by atoms with Crippen molar-refractivity contribution in [1.29, 1.82) is 0 Å². The van der Waals surface area contributed by atoms with Gasteiger partial charge in [0, 0.05) is 24.1 Å². The molecular weight excluding hydrogens is 438 g/mol. The molecule has 4 aromatic rings. The normalized spacial score (nSPS) is 10.8. The lowest BCUT2D eigenvalue weighted by Gasteiger charge is -2.16. The van der Waals surface area contributed by atoms with Crippen LogP contribution in [0.3, 0.4) is 0 Å². The van der Waals surface area contributed by atoms with Gasteiger partial charge < -0.3 is 13.9 Å². The molecule has 3 aromatic heterocycles. The number of hydrogen-bond acceptors (Lipinski definition) is 8. The van der Waals surface area contributed by atoms with Crippen LogP contribution in [0.2, 0.25) is 5.02 Å². The Hall–Kier alpha value is -3.17. The Kier molecular flexibility index (Phi) is 6.63. The SMILES string of the molecule is COc1cccc(OC)c1-n1c(NSCCc2ccc(Cl)cn2)nnc1-c1ccco1. The van der Waals surface area contributed by atoms with Gasteiger partial charge in [-0.15, -0.1) is 10.2 Å². The van der Waals surface area contributed by atoms with Gasteiger partial charge in [-0.05, 0) is 48.3 Å². The van der Waals surface area contributed by atoms with Gasteiger partial charge in [0.15, 0.2) is 5.76 Å². The van der Waals surface area contributed by atoms with Crippen molar-refractivity contribution in [1.82, 2.24) is 19.7 Å². The molecule has 0 fully saturated rings. The molecule has 0 unspecified atom stereocenters. The summed E-state index contributed by atoms with van der Waals surface area (Å²) in [5.41, 5.74) is 1.63. The molecule has 0 aliphatic carbocycles. The molecule has 0 aliphatic heterocycles. The van der Waals surface area contributed by atoms with Crippen molar-refractivity contribution in [3.8, 4) is 28.8 Å². The van der Waals surface area contributed by atoms with E-state index in [1.807, 2.05) is 41.0 Å². The predicted octanol–water partition coefficient (Wildman–Crippen LogP) is 4.90. The Bertz CT molecular complexity index is 1110. The second kappa shape index (κ2) is 9.76. The Morgan fingerprint density at radius 2 is 1.87 bits per heavy atom. The van der Waals surface area contributed by atoms with E-state index in [1.165, 1.54) is 11.9 Å². The standard InChI is InChI=1S/C21H20ClN5O3S/c1-28-16-5-3-6-17(29-2)19(16)27-20(18-7-4-11-30-18)24-25-21(27)26-31-12-10-15-9-8-14(22)13-23-15/h3-9,11,13H,10,12H2,1-2H3,(H,25,26). The Morgan fingerprint density at radius 3 is 2.52 bits per heavy atom. The van der Waals surface area contributed by atoms with Gasteiger partial charge in [0.25, 0.3) is 0 Å². The fourth-order valence-corrected chi connectivity index (χ4v) is 3.79. The maximum absolute atomic E-state index is 5.90. The molecule has 160 valence electrons. The van der Waals surface area contributed by atoms with Crippen LogP contribution in [0.4, 0.5) is 5.95 Å². The second-order valence-electron chi connectivity index (χ2n) is 6.34. The van der Waals surface area contributed by atoms with E-state index in [9.17, 15) is 0 Å². The lowest BCUT2D eigenvalue weighted by Crippen LogP contribution is -2.07. The van der Waals surface area contributed by atoms with Crippen LogP contribution in [0.25, 0.3) is 17.3 Å². The van der Waals surface area contributed by atoms with Crippen LogP contribution in [0.15, 0.2) is 59.3 Å². The van der Waals surface area contributed by atoms with Gasteiger partial charge in [-0.25, -0.2) is 0 Å². The number of furan rings is 1. The number of methoxy groups -OCH3 is 2. The van der Waals surface area contributed by atoms with Crippen molar-refractivity contribution in [2.45, 2.75) is 6.42 Å². The summed E-state index contributed by atoms with van der Waals surface area (Å²) in [4.78, 5) is 4.32. The summed E-state index contributed by atoms with van der Waals surface area (Å²) in [6, 6.07) is 12.9. The number of hydrogen-bond donors (Lipinski definition) is 1. The van der Waals surface area contributed by atoms with Gasteiger partial charge >= 0.3 is 0 Å². The molecule has 10 heteroatoms. The lowest BCUT2D eigenvalue weighted by molar-refractivity contribution is 0.391. The first-order valence-corrected chi connectivity index (χ1v) is 10.8. The minimum absolute atomic E-state index is 0.517. The topological polar surface area (TPSA) is 87.2 Å². The molecule has 4 rings (SSSR count). The smallest absolute Gasteiger partial charge is 0.239 e. The molecule has 0 atom stereocenters. The highest BCUT2D eigenvalue weighted by atomic mass is 35.5. The molecule has 0 radical (unpaired) electrons. The number of nitrogens with zero attached hydrogens (tertiary/aromatic N) is 4. The molecule has 0 bridgehead atoms. The van der Waals surface area contributed by atoms with Crippen LogP contribution in [0.5, 0.6) is 11.5 Å². The van der Waals surface area contributed by atoms with E-state index in [2.05, 4.69) is 19.9 Å². The van der Waals surface area contributed by atoms with Crippen molar-refractivity contribution in [3.05, 3.63) is 65.6 Å². The predicted molar refractivity (Wildman–Crippen MR) is 121 cm³/mol. The van der Waals surface area contributed by atoms with Crippen LogP contribution >= 0.6 is 23.5 Å². The molecular formula is C21H20ClN5O3S. The molecule has 3 heterocycles. The Balaban J connectivity index is 1.63. The first-order chi connectivity index (χ1) is 15.2. The van der Waals surface area contributed by atoms with E-state index in [4.69, 9.17) is 25.5 Å². The zero-order chi connectivity index (χ0) is 21.6. The van der Waals surface area contributed by atoms with E-state index >= 15 is 0 Å². The fourth-order valence-electron chi connectivity index (χ4n) is 3.01. The van der Waals surface area contributed by atoms with Crippen molar-refractivity contribution < 1.29 is 13.9 Å². The highest BCUT2D eigenvalue weighted by Crippen LogP contribution is 2.37. The summed E-state index contributed by atoms with van der Waals surface area (Å²) in [6.45, 7) is 0. The molecule has 0 amide bonds. The summed E-state index contributed by atoms with van der Waals surface area (Å²) < 4.78 is 21.9. The van der Waals surface area contributed by atoms with E-state index in [1.54, 1.807) is 32.7 Å². The van der Waals surface area contributed by atoms with Crippen molar-refractivity contribution in [2.24, 2.45) is 0 Å². The second-order valence-corrected chi connectivity index (χ2v) is 7.68. The maximum atomic E-state index is 5.90. The van der Waals surface area contributed by atoms with E-state index in [0.717, 1.165) is 17.9 Å². The highest BCUT2D eigenvalue weighted by molar-refractivity contribution is 8.00. The van der Waals surface area contributed by atoms with Crippen LogP contribution < -0.4 is 14.2 Å². The molecule has 31 heavy (non-hydrogen) atoms. The lowest BCUT2D eigenvalue weighted by atomic mass is 10.2. The minimum Gasteiger partial charge on any atom is -0.494 e. The zero-order valence-corrected chi connectivity index (χ0v) is 18.5. The first-order valence-electron chi connectivity index (χ1n) is 9.40. The van der Waals surface area contributed by atoms with E-state index in [0.29, 0.717) is 39.7 Å². The molecule has 1 aromatic carbocycles. The largest absolute Gasteiger partial charge is 0.494 e. The van der Waals surface area contributed by atoms with Gasteiger partial charge in [0.1, 0.15) is 17.2 Å². The Morgan fingerprint density at radius 1 is 1.06 bits per heavy atom. The van der Waals surface area contributed by atoms with E-state index < -0.39 is 0 Å². The van der Waals surface area contributed by atoms with Crippen LogP contribution in [0.1, 0.15) is 5.69 Å². The average Bonchev–Trinajstić information content (AvgIpc) is 3.47. The van der Waals surface area contributed by atoms with Gasteiger partial charge in [0.05, 0.1) is 25.5 Å². The minimum atomic E-state index is 0.517. The van der Waals surface area contributed by atoms with Gasteiger partial charge in [0.2, 0.25) is 11.8 Å². The number of para-hydroxylation sites is 1. The van der Waals surface area contributed by atoms with Crippen molar-refractivity contribution in [2.75, 3.05) is 24.7 Å². The van der Waals surface area contributed by atoms with Crippen LogP contribution in [-0.4, -0.2) is 39.7 Å². The van der Waals surface area contributed by atoms with Crippen molar-refractivity contribution in [3.63, 3.8) is 0 Å². The molecule has 0 saturated heterocycles. The average molecular weight is 458 g/mol. The number of aryl methyl sites for hydroxylation is 1. The molecule has 0 aliphatic rings. The first kappa shape index (κ1) is 21.1. The van der Waals surface area contributed by atoms with Gasteiger partial charge in [-0.1, -0.05) is 17.7 Å². The summed E-state index contributed by atoms with van der Waals surface area (Å²) in [6.07, 6.45) is 4.01. The van der Waals surface area contributed by atoms with Crippen LogP contribution in [-0.2, 0) is 6.42 Å². The summed E-state index contributed by atoms with van der Waals surface area (Å²) in [5.74, 6) is 3.61. The van der Waals surface area contributed by atoms with Gasteiger partial charge in [-0.3, -0.25) is 14.3 Å². The summed E-state index contributed by atoms with van der Waals surface area (Å²) >= 11 is 7.39. The quantitative estimate of drug-likeness (QED) is 0.280. The third kappa shape index (κ3) is 4.62. The third-order valence-corrected chi connectivity index (χ3v) is 5.40. The number of aromatic nitrogens is 4. The number of ether oxygens (including phenoxy) is 2. The number of pyridine rings is 1. The molecule has 8 nitrogen and oxygen atoms in total.